The SMILES string of the molecule is C=C/C=C(/N)C(C)=N. The van der Waals surface area contributed by atoms with Gasteiger partial charge >= 0.3 is 0 Å². The normalized spacial score (nSPS) is 10.9. The minimum absolute atomic E-state index is 0.380. The summed E-state index contributed by atoms with van der Waals surface area (Å²) in [4.78, 5) is 0. The molecule has 0 atom stereocenters. The second kappa shape index (κ2) is 3.02. The molecule has 8 heavy (non-hydrogen) atoms. The smallest absolute Gasteiger partial charge is 0.0522 e. The van der Waals surface area contributed by atoms with Crippen LogP contribution in [0, 0.1) is 5.41 Å². The monoisotopic (exact) mass is 110 g/mol. The van der Waals surface area contributed by atoms with Crippen molar-refractivity contribution in [2.75, 3.05) is 0 Å². The van der Waals surface area contributed by atoms with Crippen molar-refractivity contribution in [3.63, 3.8) is 0 Å². The molecular formula is C6H10N2. The highest BCUT2D eigenvalue weighted by Gasteiger charge is 1.85. The van der Waals surface area contributed by atoms with Crippen molar-refractivity contribution in [1.29, 1.82) is 5.41 Å². The molecule has 0 spiro atoms. The molecular weight excluding hydrogens is 100 g/mol. The molecule has 2 nitrogen and oxygen atoms in total. The van der Waals surface area contributed by atoms with Gasteiger partial charge in [-0.2, -0.15) is 0 Å². The summed E-state index contributed by atoms with van der Waals surface area (Å²) < 4.78 is 0. The molecule has 0 radical (unpaired) electrons. The van der Waals surface area contributed by atoms with E-state index in [1.54, 1.807) is 19.1 Å². The Balaban J connectivity index is 3.99. The maximum Gasteiger partial charge on any atom is 0.0522 e. The van der Waals surface area contributed by atoms with Crippen LogP contribution in [-0.4, -0.2) is 5.71 Å². The molecule has 0 aromatic heterocycles. The molecule has 0 aliphatic rings. The predicted molar refractivity (Wildman–Crippen MR) is 35.9 cm³/mol. The van der Waals surface area contributed by atoms with Crippen molar-refractivity contribution in [3.8, 4) is 0 Å². The zero-order valence-corrected chi connectivity index (χ0v) is 4.94. The van der Waals surface area contributed by atoms with Crippen LogP contribution in [-0.2, 0) is 0 Å². The summed E-state index contributed by atoms with van der Waals surface area (Å²) in [5.41, 5.74) is 6.14. The van der Waals surface area contributed by atoms with Crippen molar-refractivity contribution in [1.82, 2.24) is 0 Å². The summed E-state index contributed by atoms with van der Waals surface area (Å²) in [7, 11) is 0. The molecule has 0 fully saturated rings. The molecule has 0 aromatic rings. The zero-order chi connectivity index (χ0) is 6.57. The van der Waals surface area contributed by atoms with E-state index in [4.69, 9.17) is 11.1 Å². The first-order valence-corrected chi connectivity index (χ1v) is 2.32. The summed E-state index contributed by atoms with van der Waals surface area (Å²) in [6, 6.07) is 0. The maximum absolute atomic E-state index is 6.96. The van der Waals surface area contributed by atoms with E-state index in [9.17, 15) is 0 Å². The van der Waals surface area contributed by atoms with Gasteiger partial charge in [0.1, 0.15) is 0 Å². The largest absolute Gasteiger partial charge is 0.397 e. The predicted octanol–water partition coefficient (Wildman–Crippen LogP) is 1.05. The fraction of sp³-hybridized carbons (Fsp3) is 0.167. The second-order valence-corrected chi connectivity index (χ2v) is 1.48. The van der Waals surface area contributed by atoms with Crippen molar-refractivity contribution >= 4 is 5.71 Å². The topological polar surface area (TPSA) is 49.9 Å². The van der Waals surface area contributed by atoms with E-state index < -0.39 is 0 Å². The van der Waals surface area contributed by atoms with E-state index in [-0.39, 0.29) is 0 Å². The van der Waals surface area contributed by atoms with Gasteiger partial charge in [0, 0.05) is 0 Å². The molecule has 3 N–H and O–H groups in total. The van der Waals surface area contributed by atoms with Crippen molar-refractivity contribution in [2.24, 2.45) is 5.73 Å². The third-order valence-electron chi connectivity index (χ3n) is 0.730. The van der Waals surface area contributed by atoms with Crippen LogP contribution in [0.5, 0.6) is 0 Å². The molecule has 2 heteroatoms. The minimum atomic E-state index is 0.380. The number of hydrogen-bond donors (Lipinski definition) is 2. The van der Waals surface area contributed by atoms with Crippen molar-refractivity contribution < 1.29 is 0 Å². The first-order valence-electron chi connectivity index (χ1n) is 2.32. The zero-order valence-electron chi connectivity index (χ0n) is 4.94. The third-order valence-corrected chi connectivity index (χ3v) is 0.730. The molecule has 0 rings (SSSR count). The molecule has 0 aromatic carbocycles. The Morgan fingerprint density at radius 1 is 1.75 bits per heavy atom. The van der Waals surface area contributed by atoms with Gasteiger partial charge in [0.15, 0.2) is 0 Å². The minimum Gasteiger partial charge on any atom is -0.397 e. The number of rotatable bonds is 2. The van der Waals surface area contributed by atoms with E-state index in [1.165, 1.54) is 0 Å². The van der Waals surface area contributed by atoms with Crippen molar-refractivity contribution in [3.05, 3.63) is 24.4 Å². The average molecular weight is 110 g/mol. The Kier molecular flexibility index (Phi) is 2.62. The Morgan fingerprint density at radius 3 is 2.38 bits per heavy atom. The Bertz CT molecular complexity index is 133. The van der Waals surface area contributed by atoms with Gasteiger partial charge in [0.25, 0.3) is 0 Å². The van der Waals surface area contributed by atoms with Crippen molar-refractivity contribution in [2.45, 2.75) is 6.92 Å². The Hall–Kier alpha value is -1.05. The van der Waals surface area contributed by atoms with Crippen LogP contribution in [0.25, 0.3) is 0 Å². The lowest BCUT2D eigenvalue weighted by molar-refractivity contribution is 1.38. The quantitative estimate of drug-likeness (QED) is 0.405. The Morgan fingerprint density at radius 2 is 2.25 bits per heavy atom. The van der Waals surface area contributed by atoms with Gasteiger partial charge in [-0.1, -0.05) is 12.7 Å². The highest BCUT2D eigenvalue weighted by molar-refractivity contribution is 5.94. The summed E-state index contributed by atoms with van der Waals surface area (Å²) in [6.45, 7) is 5.06. The van der Waals surface area contributed by atoms with Gasteiger partial charge in [-0.05, 0) is 13.0 Å². The third kappa shape index (κ3) is 2.18. The van der Waals surface area contributed by atoms with Crippen LogP contribution in [0.4, 0.5) is 0 Å². The summed E-state index contributed by atoms with van der Waals surface area (Å²) in [5.74, 6) is 0. The van der Waals surface area contributed by atoms with Crippen LogP contribution in [0.1, 0.15) is 6.92 Å². The molecule has 0 aliphatic carbocycles. The molecule has 0 saturated carbocycles. The Labute approximate surface area is 49.2 Å². The van der Waals surface area contributed by atoms with Gasteiger partial charge in [0.2, 0.25) is 0 Å². The van der Waals surface area contributed by atoms with E-state index in [0.29, 0.717) is 11.4 Å². The number of nitrogens with two attached hydrogens (primary N) is 1. The molecule has 44 valence electrons. The standard InChI is InChI=1S/C6H10N2/c1-3-4-6(8)5(2)7/h3-4,7H,1,8H2,2H3/b6-4+,7-5?. The van der Waals surface area contributed by atoms with Gasteiger partial charge in [-0.25, -0.2) is 0 Å². The summed E-state index contributed by atoms with van der Waals surface area (Å²) in [6.07, 6.45) is 3.16. The second-order valence-electron chi connectivity index (χ2n) is 1.48. The van der Waals surface area contributed by atoms with Gasteiger partial charge in [-0.15, -0.1) is 0 Å². The fourth-order valence-electron chi connectivity index (χ4n) is 0.252. The number of allylic oxidation sites excluding steroid dienone is 3. The lowest BCUT2D eigenvalue weighted by Crippen LogP contribution is -2.04. The van der Waals surface area contributed by atoms with E-state index in [0.717, 1.165) is 0 Å². The van der Waals surface area contributed by atoms with Gasteiger partial charge in [0.05, 0.1) is 11.4 Å². The van der Waals surface area contributed by atoms with Gasteiger partial charge in [-0.3, -0.25) is 0 Å². The lowest BCUT2D eigenvalue weighted by Gasteiger charge is -1.91. The van der Waals surface area contributed by atoms with Crippen LogP contribution in [0.3, 0.4) is 0 Å². The van der Waals surface area contributed by atoms with Crippen LogP contribution < -0.4 is 5.73 Å². The fourth-order valence-corrected chi connectivity index (χ4v) is 0.252. The molecule has 0 saturated heterocycles. The highest BCUT2D eigenvalue weighted by Crippen LogP contribution is 1.84. The summed E-state index contributed by atoms with van der Waals surface area (Å²) in [5, 5.41) is 6.96. The van der Waals surface area contributed by atoms with Crippen LogP contribution >= 0.6 is 0 Å². The number of hydrogen-bond acceptors (Lipinski definition) is 2. The molecule has 0 amide bonds. The van der Waals surface area contributed by atoms with E-state index in [2.05, 4.69) is 6.58 Å². The molecule has 0 bridgehead atoms. The molecule has 0 aliphatic heterocycles. The average Bonchev–Trinajstić information content (AvgIpc) is 1.67. The van der Waals surface area contributed by atoms with Crippen LogP contribution in [0.15, 0.2) is 24.4 Å². The highest BCUT2D eigenvalue weighted by atomic mass is 14.6. The van der Waals surface area contributed by atoms with E-state index >= 15 is 0 Å². The first-order chi connectivity index (χ1) is 3.68. The molecule has 0 heterocycles. The van der Waals surface area contributed by atoms with Crippen LogP contribution in [0.2, 0.25) is 0 Å². The van der Waals surface area contributed by atoms with Gasteiger partial charge < -0.3 is 11.1 Å². The first kappa shape index (κ1) is 6.95. The molecule has 0 unspecified atom stereocenters. The van der Waals surface area contributed by atoms with E-state index in [1.807, 2.05) is 0 Å². The maximum atomic E-state index is 6.96. The summed E-state index contributed by atoms with van der Waals surface area (Å²) >= 11 is 0. The lowest BCUT2D eigenvalue weighted by atomic mass is 10.3. The number of nitrogens with one attached hydrogen (secondary N) is 1.